The zero-order valence-corrected chi connectivity index (χ0v) is 18.7. The Morgan fingerprint density at radius 1 is 0.871 bits per heavy atom. The van der Waals surface area contributed by atoms with E-state index in [2.05, 4.69) is 0 Å². The maximum atomic E-state index is 9.55. The van der Waals surface area contributed by atoms with Crippen LogP contribution in [0.1, 0.15) is 26.7 Å². The molecule has 0 spiro atoms. The molecule has 11 atom stereocenters. The minimum Gasteiger partial charge on any atom is -0.396 e. The van der Waals surface area contributed by atoms with E-state index in [4.69, 9.17) is 48.7 Å². The second-order valence-electron chi connectivity index (χ2n) is 8.61. The minimum absolute atomic E-state index is 0.0647. The summed E-state index contributed by atoms with van der Waals surface area (Å²) in [7, 11) is 16.3. The quantitative estimate of drug-likeness (QED) is 0.198. The first-order valence-electron chi connectivity index (χ1n) is 10.1. The zero-order valence-electron chi connectivity index (χ0n) is 17.9. The highest BCUT2D eigenvalue weighted by Crippen LogP contribution is 2.41. The van der Waals surface area contributed by atoms with Crippen LogP contribution in [0.15, 0.2) is 0 Å². The van der Waals surface area contributed by atoms with Gasteiger partial charge in [0.2, 0.25) is 0 Å². The van der Waals surface area contributed by atoms with Gasteiger partial charge in [-0.3, -0.25) is 0 Å². The molecule has 13 heteroatoms. The Labute approximate surface area is 191 Å². The van der Waals surface area contributed by atoms with E-state index in [1.807, 2.05) is 0 Å². The topological polar surface area (TPSA) is 171 Å². The largest absolute Gasteiger partial charge is 0.396 e. The molecule has 2 saturated heterocycles. The van der Waals surface area contributed by atoms with Gasteiger partial charge in [-0.15, -0.1) is 0 Å². The smallest absolute Gasteiger partial charge is 0.112 e. The Hall–Kier alpha value is 0.185. The van der Waals surface area contributed by atoms with E-state index in [-0.39, 0.29) is 37.1 Å². The van der Waals surface area contributed by atoms with Gasteiger partial charge in [0, 0.05) is 24.9 Å². The fourth-order valence-corrected chi connectivity index (χ4v) is 4.84. The number of thioether (sulfide) groups is 1. The summed E-state index contributed by atoms with van der Waals surface area (Å²) in [6.45, 7) is 2.63. The second-order valence-corrected chi connectivity index (χ2v) is 10.00. The molecular weight excluding hydrogens is 425 g/mol. The van der Waals surface area contributed by atoms with Crippen molar-refractivity contribution in [3.05, 3.63) is 0 Å². The average Bonchev–Trinajstić information content (AvgIpc) is 3.23. The number of hydrogen-bond donors (Lipinski definition) is 8. The summed E-state index contributed by atoms with van der Waals surface area (Å²) in [4.78, 5) is 0. The van der Waals surface area contributed by atoms with Crippen LogP contribution in [0.5, 0.6) is 0 Å². The molecule has 8 N–H and O–H groups in total. The van der Waals surface area contributed by atoms with Gasteiger partial charge in [-0.1, -0.05) is 0 Å². The van der Waals surface area contributed by atoms with Crippen molar-refractivity contribution in [3.8, 4) is 0 Å². The zero-order chi connectivity index (χ0) is 24.1. The predicted octanol–water partition coefficient (Wildman–Crippen LogP) is -3.61. The summed E-state index contributed by atoms with van der Waals surface area (Å²) < 4.78 is 4.90. The lowest BCUT2D eigenvalue weighted by molar-refractivity contribution is -0.0602. The van der Waals surface area contributed by atoms with Crippen LogP contribution in [0.25, 0.3) is 0 Å². The predicted molar refractivity (Wildman–Crippen MR) is 118 cm³/mol. The fourth-order valence-electron chi connectivity index (χ4n) is 3.54. The molecule has 0 amide bonds. The van der Waals surface area contributed by atoms with Crippen LogP contribution in [-0.2, 0) is 4.74 Å². The Morgan fingerprint density at radius 3 is 1.65 bits per heavy atom. The molecule has 0 aromatic rings. The highest BCUT2D eigenvalue weighted by Gasteiger charge is 2.48. The van der Waals surface area contributed by atoms with Crippen LogP contribution in [0.4, 0.5) is 0 Å². The first-order valence-corrected chi connectivity index (χ1v) is 11.1. The molecule has 2 aliphatic heterocycles. The van der Waals surface area contributed by atoms with Crippen LogP contribution in [0, 0.1) is 5.92 Å². The van der Waals surface area contributed by atoms with Crippen molar-refractivity contribution in [1.29, 1.82) is 0 Å². The Kier molecular flexibility index (Phi) is 11.4. The summed E-state index contributed by atoms with van der Waals surface area (Å²) in [5, 5.41) is 71.9. The monoisotopic (exact) mass is 458 g/mol. The van der Waals surface area contributed by atoms with Gasteiger partial charge < -0.3 is 45.6 Å². The first kappa shape index (κ1) is 29.2. The van der Waals surface area contributed by atoms with E-state index in [9.17, 15) is 20.4 Å². The number of ether oxygens (including phenoxy) is 1. The molecule has 3 fully saturated rings. The van der Waals surface area contributed by atoms with Crippen molar-refractivity contribution in [1.82, 2.24) is 0 Å². The third-order valence-electron chi connectivity index (χ3n) is 6.05. The maximum absolute atomic E-state index is 9.55. The third-order valence-corrected chi connectivity index (χ3v) is 7.58. The first-order chi connectivity index (χ1) is 14.2. The van der Waals surface area contributed by atoms with Gasteiger partial charge in [0.05, 0.1) is 69.8 Å². The van der Waals surface area contributed by atoms with E-state index in [1.165, 1.54) is 25.6 Å². The maximum Gasteiger partial charge on any atom is 0.112 e. The molecule has 0 aromatic heterocycles. The van der Waals surface area contributed by atoms with Crippen molar-refractivity contribution in [2.75, 3.05) is 19.8 Å². The van der Waals surface area contributed by atoms with Gasteiger partial charge >= 0.3 is 0 Å². The normalized spacial score (nSPS) is 49.2. The van der Waals surface area contributed by atoms with Crippen molar-refractivity contribution in [2.24, 2.45) is 5.92 Å². The van der Waals surface area contributed by atoms with Crippen molar-refractivity contribution >= 4 is 35.3 Å². The summed E-state index contributed by atoms with van der Waals surface area (Å²) >= 11 is 1.21. The molecule has 31 heavy (non-hydrogen) atoms. The highest BCUT2D eigenvalue weighted by atomic mass is 32.2. The van der Waals surface area contributed by atoms with Gasteiger partial charge in [0.1, 0.15) is 7.85 Å². The molecule has 174 valence electrons. The van der Waals surface area contributed by atoms with Gasteiger partial charge in [-0.25, -0.2) is 0 Å². The van der Waals surface area contributed by atoms with Crippen LogP contribution < -0.4 is 0 Å². The molecule has 1 aliphatic carbocycles. The van der Waals surface area contributed by atoms with E-state index >= 15 is 0 Å². The Balaban J connectivity index is 0.000000234. The molecule has 0 aromatic carbocycles. The van der Waals surface area contributed by atoms with E-state index in [0.29, 0.717) is 12.8 Å². The molecule has 3 aliphatic rings. The SMILES string of the molecule is [B][C@@H]1C[C@H](CO)[C@@H](O)[C@@]1(C)O.[B][C@@H]1O[C@H](CO)C[C@H]1O.[B][C@@H]1S[C@H](CO)[C@@H](O)[C@@]1(C)O. The highest BCUT2D eigenvalue weighted by molar-refractivity contribution is 8.02. The summed E-state index contributed by atoms with van der Waals surface area (Å²) in [6.07, 6.45) is -1.80. The summed E-state index contributed by atoms with van der Waals surface area (Å²) in [6, 6.07) is -0.609. The lowest BCUT2D eigenvalue weighted by Crippen LogP contribution is -2.45. The number of aliphatic hydroxyl groups is 8. The third kappa shape index (κ3) is 7.08. The van der Waals surface area contributed by atoms with Crippen molar-refractivity contribution in [2.45, 2.75) is 84.5 Å². The number of rotatable bonds is 3. The molecule has 2 heterocycles. The molecule has 6 radical (unpaired) electrons. The van der Waals surface area contributed by atoms with Crippen LogP contribution >= 0.6 is 11.8 Å². The van der Waals surface area contributed by atoms with Gasteiger partial charge in [-0.2, -0.15) is 11.8 Å². The van der Waals surface area contributed by atoms with Gasteiger partial charge in [0.15, 0.2) is 0 Å². The van der Waals surface area contributed by atoms with E-state index in [1.54, 1.807) is 0 Å². The van der Waals surface area contributed by atoms with Crippen LogP contribution in [0.3, 0.4) is 0 Å². The lowest BCUT2D eigenvalue weighted by atomic mass is 9.76. The molecular formula is C18H33B3O9S. The average molecular weight is 458 g/mol. The summed E-state index contributed by atoms with van der Waals surface area (Å²) in [5.74, 6) is -0.713. The Morgan fingerprint density at radius 2 is 1.45 bits per heavy atom. The number of hydrogen-bond acceptors (Lipinski definition) is 10. The van der Waals surface area contributed by atoms with Crippen LogP contribution in [-0.4, -0.2) is 136 Å². The fraction of sp³-hybridized carbons (Fsp3) is 1.00. The van der Waals surface area contributed by atoms with Crippen molar-refractivity contribution < 1.29 is 45.6 Å². The summed E-state index contributed by atoms with van der Waals surface area (Å²) in [5.41, 5.74) is -2.52. The van der Waals surface area contributed by atoms with E-state index in [0.717, 1.165) is 0 Å². The minimum atomic E-state index is -1.28. The second kappa shape index (κ2) is 12.1. The Bertz CT molecular complexity index is 501. The van der Waals surface area contributed by atoms with Crippen molar-refractivity contribution in [3.63, 3.8) is 0 Å². The molecule has 9 nitrogen and oxygen atoms in total. The molecule has 0 unspecified atom stereocenters. The van der Waals surface area contributed by atoms with Gasteiger partial charge in [0.25, 0.3) is 0 Å². The standard InChI is InChI=1S/C7H13BO3.C6H11BO3S.C5H9BO3/c1-7(11)5(8)2-4(3-9)6(7)10;1-6(10)4(9)3(2-8)11-5(6)7;6-5-4(8)1-3(2-7)9-5/h4-6,9-11H,2-3H2,1H3;3-5,8-10H,2H2,1H3;3-5,7-8H,1-2H2/t4-,5-,6-,7+;3-,4-,5-,6-;3-,4+,5+/m110/s1. The van der Waals surface area contributed by atoms with E-state index < -0.39 is 46.5 Å². The van der Waals surface area contributed by atoms with Crippen LogP contribution in [0.2, 0.25) is 5.82 Å². The molecule has 1 saturated carbocycles. The number of aliphatic hydroxyl groups excluding tert-OH is 6. The van der Waals surface area contributed by atoms with Gasteiger partial charge in [-0.05, 0) is 31.2 Å². The lowest BCUT2D eigenvalue weighted by Gasteiger charge is -2.27. The molecule has 0 bridgehead atoms. The molecule has 3 rings (SSSR count).